The average Bonchev–Trinajstić information content (AvgIpc) is 2.94. The van der Waals surface area contributed by atoms with E-state index in [2.05, 4.69) is 60.7 Å². The topological polar surface area (TPSA) is 74.6 Å². The lowest BCUT2D eigenvalue weighted by Gasteiger charge is -2.33. The van der Waals surface area contributed by atoms with Crippen LogP contribution >= 0.6 is 0 Å². The molecule has 2 N–H and O–H groups in total. The third kappa shape index (κ3) is 4.28. The molecule has 192 valence electrons. The maximum atomic E-state index is 12.6. The number of carboxylic acids is 2. The lowest BCUT2D eigenvalue weighted by Crippen LogP contribution is -2.29. The lowest BCUT2D eigenvalue weighted by molar-refractivity contribution is -0.150. The first-order valence-corrected chi connectivity index (χ1v) is 13.2. The summed E-state index contributed by atoms with van der Waals surface area (Å²) in [5.41, 5.74) is 2.07. The maximum absolute atomic E-state index is 12.6. The fraction of sp³-hybridized carbons (Fsp3) is 0.143. The smallest absolute Gasteiger partial charge is 0.307 e. The van der Waals surface area contributed by atoms with E-state index in [0.717, 1.165) is 54.2 Å². The number of carbonyl (C=O) groups is 2. The van der Waals surface area contributed by atoms with Crippen molar-refractivity contribution in [3.63, 3.8) is 0 Å². The Morgan fingerprint density at radius 2 is 0.923 bits per heavy atom. The van der Waals surface area contributed by atoms with E-state index < -0.39 is 36.1 Å². The molecule has 0 aliphatic carbocycles. The zero-order valence-corrected chi connectivity index (χ0v) is 21.5. The van der Waals surface area contributed by atoms with Crippen molar-refractivity contribution in [2.45, 2.75) is 19.3 Å². The Morgan fingerprint density at radius 1 is 0.590 bits per heavy atom. The van der Waals surface area contributed by atoms with E-state index in [4.69, 9.17) is 0 Å². The van der Waals surface area contributed by atoms with Gasteiger partial charge in [0.25, 0.3) is 0 Å². The Balaban J connectivity index is 1.80. The summed E-state index contributed by atoms with van der Waals surface area (Å²) in [6.07, 6.45) is -0.446. The minimum Gasteiger partial charge on any atom is -0.481 e. The van der Waals surface area contributed by atoms with Gasteiger partial charge in [-0.2, -0.15) is 0 Å². The first-order valence-electron chi connectivity index (χ1n) is 13.2. The zero-order chi connectivity index (χ0) is 27.1. The Kier molecular flexibility index (Phi) is 6.24. The highest BCUT2D eigenvalue weighted by Gasteiger charge is 2.37. The average molecular weight is 513 g/mol. The van der Waals surface area contributed by atoms with Crippen molar-refractivity contribution in [3.8, 4) is 0 Å². The standard InChI is InChI=1S/C35H28O4/c1-21(30(35(38)39)20-31(36)37)32(33-26-14-6-2-10-22(26)18-23-11-3-7-15-27(23)33)34-28-16-8-4-12-24(28)19-25-13-5-9-17-29(25)34/h2-19,21,30,32H,20H2,1H3,(H,36,37)(H,38,39). The van der Waals surface area contributed by atoms with Crippen molar-refractivity contribution in [3.05, 3.63) is 120 Å². The second kappa shape index (κ2) is 9.88. The van der Waals surface area contributed by atoms with Gasteiger partial charge in [-0.05, 0) is 72.3 Å². The van der Waals surface area contributed by atoms with Crippen LogP contribution in [0.15, 0.2) is 109 Å². The third-order valence-corrected chi connectivity index (χ3v) is 8.12. The number of hydrogen-bond acceptors (Lipinski definition) is 2. The van der Waals surface area contributed by atoms with Crippen molar-refractivity contribution in [1.82, 2.24) is 0 Å². The summed E-state index contributed by atoms with van der Waals surface area (Å²) in [5, 5.41) is 28.5. The fourth-order valence-corrected chi connectivity index (χ4v) is 6.36. The van der Waals surface area contributed by atoms with Crippen LogP contribution in [0.2, 0.25) is 0 Å². The molecule has 2 atom stereocenters. The van der Waals surface area contributed by atoms with Gasteiger partial charge in [0, 0.05) is 5.92 Å². The van der Waals surface area contributed by atoms with Gasteiger partial charge in [0.05, 0.1) is 12.3 Å². The van der Waals surface area contributed by atoms with Crippen LogP contribution in [-0.4, -0.2) is 22.2 Å². The van der Waals surface area contributed by atoms with Gasteiger partial charge >= 0.3 is 11.9 Å². The molecule has 0 saturated carbocycles. The zero-order valence-electron chi connectivity index (χ0n) is 21.5. The van der Waals surface area contributed by atoms with E-state index in [0.29, 0.717) is 0 Å². The van der Waals surface area contributed by atoms with E-state index >= 15 is 0 Å². The van der Waals surface area contributed by atoms with E-state index in [1.54, 1.807) is 0 Å². The van der Waals surface area contributed by atoms with Crippen LogP contribution < -0.4 is 0 Å². The van der Waals surface area contributed by atoms with E-state index in [9.17, 15) is 19.8 Å². The molecule has 0 aromatic heterocycles. The molecule has 2 unspecified atom stereocenters. The SMILES string of the molecule is CC(C(CC(=O)O)C(=O)O)C(c1c2ccccc2cc2ccccc12)c1c2ccccc2cc2ccccc12. The Labute approximate surface area is 226 Å². The van der Waals surface area contributed by atoms with Crippen LogP contribution in [0.5, 0.6) is 0 Å². The molecule has 0 aliphatic heterocycles. The molecule has 4 heteroatoms. The molecule has 0 heterocycles. The lowest BCUT2D eigenvalue weighted by atomic mass is 9.70. The summed E-state index contributed by atoms with van der Waals surface area (Å²) in [4.78, 5) is 24.5. The molecule has 39 heavy (non-hydrogen) atoms. The molecule has 0 amide bonds. The largest absolute Gasteiger partial charge is 0.481 e. The van der Waals surface area contributed by atoms with Crippen molar-refractivity contribution in [2.75, 3.05) is 0 Å². The quantitative estimate of drug-likeness (QED) is 0.211. The number of rotatable bonds is 7. The molecule has 0 radical (unpaired) electrons. The van der Waals surface area contributed by atoms with Crippen molar-refractivity contribution < 1.29 is 19.8 Å². The summed E-state index contributed by atoms with van der Waals surface area (Å²) < 4.78 is 0. The van der Waals surface area contributed by atoms with Gasteiger partial charge in [-0.15, -0.1) is 0 Å². The number of fused-ring (bicyclic) bond motifs is 4. The molecule has 0 aliphatic rings. The first kappa shape index (κ1) is 24.6. The molecular weight excluding hydrogens is 484 g/mol. The molecule has 0 saturated heterocycles. The molecule has 0 bridgehead atoms. The number of hydrogen-bond donors (Lipinski definition) is 2. The number of benzene rings is 6. The van der Waals surface area contributed by atoms with Gasteiger partial charge < -0.3 is 10.2 Å². The molecule has 6 aromatic rings. The van der Waals surface area contributed by atoms with Crippen LogP contribution in [0, 0.1) is 11.8 Å². The van der Waals surface area contributed by atoms with Gasteiger partial charge in [0.15, 0.2) is 0 Å². The van der Waals surface area contributed by atoms with Crippen LogP contribution in [0.4, 0.5) is 0 Å². The van der Waals surface area contributed by atoms with Gasteiger partial charge in [-0.1, -0.05) is 104 Å². The van der Waals surface area contributed by atoms with Crippen molar-refractivity contribution in [2.24, 2.45) is 11.8 Å². The third-order valence-electron chi connectivity index (χ3n) is 8.12. The highest BCUT2D eigenvalue weighted by Crippen LogP contribution is 2.48. The summed E-state index contributed by atoms with van der Waals surface area (Å²) >= 11 is 0. The predicted octanol–water partition coefficient (Wildman–Crippen LogP) is 8.24. The second-order valence-electron chi connectivity index (χ2n) is 10.3. The molecule has 6 aromatic carbocycles. The van der Waals surface area contributed by atoms with Crippen LogP contribution in [0.3, 0.4) is 0 Å². The molecule has 4 nitrogen and oxygen atoms in total. The fourth-order valence-electron chi connectivity index (χ4n) is 6.36. The number of aliphatic carboxylic acids is 2. The normalized spacial score (nSPS) is 13.3. The summed E-state index contributed by atoms with van der Waals surface area (Å²) in [7, 11) is 0. The first-order chi connectivity index (χ1) is 18.9. The van der Waals surface area contributed by atoms with Gasteiger partial charge in [0.1, 0.15) is 0 Å². The van der Waals surface area contributed by atoms with E-state index in [-0.39, 0.29) is 0 Å². The van der Waals surface area contributed by atoms with Gasteiger partial charge in [-0.3, -0.25) is 9.59 Å². The van der Waals surface area contributed by atoms with Crippen LogP contribution in [-0.2, 0) is 9.59 Å². The van der Waals surface area contributed by atoms with E-state index in [1.165, 1.54) is 0 Å². The Bertz CT molecular complexity index is 1660. The summed E-state index contributed by atoms with van der Waals surface area (Å²) in [5.74, 6) is -4.20. The van der Waals surface area contributed by atoms with Gasteiger partial charge in [-0.25, -0.2) is 0 Å². The number of carboxylic acid groups (broad SMARTS) is 2. The minimum absolute atomic E-state index is 0.391. The predicted molar refractivity (Wildman–Crippen MR) is 157 cm³/mol. The molecular formula is C35H28O4. The van der Waals surface area contributed by atoms with Gasteiger partial charge in [0.2, 0.25) is 0 Å². The molecule has 6 rings (SSSR count). The monoisotopic (exact) mass is 512 g/mol. The second-order valence-corrected chi connectivity index (χ2v) is 10.3. The Morgan fingerprint density at radius 3 is 1.23 bits per heavy atom. The van der Waals surface area contributed by atoms with Crippen LogP contribution in [0.25, 0.3) is 43.1 Å². The highest BCUT2D eigenvalue weighted by molar-refractivity contribution is 6.07. The van der Waals surface area contributed by atoms with Crippen molar-refractivity contribution in [1.29, 1.82) is 0 Å². The minimum atomic E-state index is -1.11. The van der Waals surface area contributed by atoms with Crippen LogP contribution in [0.1, 0.15) is 30.4 Å². The van der Waals surface area contributed by atoms with Crippen molar-refractivity contribution >= 4 is 55.0 Å². The molecule has 0 spiro atoms. The Hall–Kier alpha value is -4.70. The highest BCUT2D eigenvalue weighted by atomic mass is 16.4. The van der Waals surface area contributed by atoms with E-state index in [1.807, 2.05) is 55.5 Å². The molecule has 0 fully saturated rings. The summed E-state index contributed by atoms with van der Waals surface area (Å²) in [6.45, 7) is 1.90. The summed E-state index contributed by atoms with van der Waals surface area (Å²) in [6, 6.07) is 37.1. The maximum Gasteiger partial charge on any atom is 0.307 e.